The van der Waals surface area contributed by atoms with Gasteiger partial charge >= 0.3 is 0 Å². The lowest BCUT2D eigenvalue weighted by molar-refractivity contribution is 0.602. The molecule has 0 amide bonds. The lowest BCUT2D eigenvalue weighted by atomic mass is 10.2. The van der Waals surface area contributed by atoms with Crippen LogP contribution in [0.4, 0.5) is 0 Å². The molecule has 1 N–H and O–H groups in total. The second-order valence-corrected chi connectivity index (χ2v) is 6.98. The zero-order valence-electron chi connectivity index (χ0n) is 9.73. The molecular weight excluding hydrogens is 234 g/mol. The lowest BCUT2D eigenvalue weighted by Crippen LogP contribution is -1.95. The van der Waals surface area contributed by atoms with Gasteiger partial charge < -0.3 is 4.98 Å². The van der Waals surface area contributed by atoms with Gasteiger partial charge in [0.15, 0.2) is 9.84 Å². The first-order valence-electron chi connectivity index (χ1n) is 5.84. The van der Waals surface area contributed by atoms with E-state index in [0.717, 1.165) is 23.2 Å². The van der Waals surface area contributed by atoms with Crippen LogP contribution >= 0.6 is 0 Å². The fourth-order valence-corrected chi connectivity index (χ4v) is 2.80. The molecular formula is C13H15NO2S. The van der Waals surface area contributed by atoms with Crippen LogP contribution < -0.4 is 0 Å². The summed E-state index contributed by atoms with van der Waals surface area (Å²) in [5.74, 6) is 0.831. The minimum atomic E-state index is -3.11. The third-order valence-corrected chi connectivity index (χ3v) is 4.39. The number of benzene rings is 1. The molecule has 3 rings (SSSR count). The van der Waals surface area contributed by atoms with Crippen LogP contribution in [-0.2, 0) is 16.3 Å². The Labute approximate surface area is 101 Å². The van der Waals surface area contributed by atoms with Gasteiger partial charge in [0.2, 0.25) is 0 Å². The molecule has 0 aliphatic heterocycles. The molecule has 4 heteroatoms. The highest BCUT2D eigenvalue weighted by atomic mass is 32.2. The van der Waals surface area contributed by atoms with Crippen LogP contribution in [0.2, 0.25) is 0 Å². The first kappa shape index (κ1) is 10.8. The first-order valence-corrected chi connectivity index (χ1v) is 7.73. The van der Waals surface area contributed by atoms with Crippen molar-refractivity contribution in [3.63, 3.8) is 0 Å². The van der Waals surface area contributed by atoms with Crippen molar-refractivity contribution in [2.45, 2.75) is 24.2 Å². The largest absolute Gasteiger partial charge is 0.358 e. The van der Waals surface area contributed by atoms with Crippen molar-refractivity contribution < 1.29 is 8.42 Å². The second-order valence-electron chi connectivity index (χ2n) is 4.96. The van der Waals surface area contributed by atoms with E-state index in [2.05, 4.69) is 11.1 Å². The average Bonchev–Trinajstić information content (AvgIpc) is 2.95. The number of H-pyrrole nitrogens is 1. The van der Waals surface area contributed by atoms with E-state index in [0.29, 0.717) is 4.90 Å². The van der Waals surface area contributed by atoms with Crippen LogP contribution in [0.3, 0.4) is 0 Å². The minimum absolute atomic E-state index is 0.391. The van der Waals surface area contributed by atoms with Crippen molar-refractivity contribution in [3.8, 4) is 0 Å². The summed E-state index contributed by atoms with van der Waals surface area (Å²) in [5, 5.41) is 0.989. The van der Waals surface area contributed by atoms with E-state index in [1.54, 1.807) is 12.1 Å². The summed E-state index contributed by atoms with van der Waals surface area (Å²) in [6, 6.07) is 7.33. The normalized spacial score (nSPS) is 16.5. The molecule has 0 atom stereocenters. The summed E-state index contributed by atoms with van der Waals surface area (Å²) in [7, 11) is -3.11. The zero-order valence-corrected chi connectivity index (χ0v) is 10.5. The zero-order chi connectivity index (χ0) is 12.0. The molecule has 1 aliphatic carbocycles. The SMILES string of the molecule is CS(=O)(=O)c1ccc2[nH]c(CC3CC3)cc2c1. The molecule has 0 radical (unpaired) electrons. The molecule has 3 nitrogen and oxygen atoms in total. The van der Waals surface area contributed by atoms with Crippen LogP contribution in [0.5, 0.6) is 0 Å². The number of hydrogen-bond acceptors (Lipinski definition) is 2. The third kappa shape index (κ3) is 2.22. The van der Waals surface area contributed by atoms with Crippen molar-refractivity contribution in [2.24, 2.45) is 5.92 Å². The Kier molecular flexibility index (Phi) is 2.30. The summed E-state index contributed by atoms with van der Waals surface area (Å²) in [4.78, 5) is 3.74. The molecule has 1 saturated carbocycles. The molecule has 0 saturated heterocycles. The second kappa shape index (κ2) is 3.60. The highest BCUT2D eigenvalue weighted by Crippen LogP contribution is 2.33. The monoisotopic (exact) mass is 249 g/mol. The molecule has 1 heterocycles. The summed E-state index contributed by atoms with van der Waals surface area (Å²) in [5.41, 5.74) is 2.24. The Bertz CT molecular complexity index is 666. The van der Waals surface area contributed by atoms with Crippen molar-refractivity contribution in [2.75, 3.05) is 6.26 Å². The maximum Gasteiger partial charge on any atom is 0.175 e. The maximum absolute atomic E-state index is 11.5. The van der Waals surface area contributed by atoms with Crippen molar-refractivity contribution in [3.05, 3.63) is 30.0 Å². The van der Waals surface area contributed by atoms with Crippen LogP contribution in [0.15, 0.2) is 29.2 Å². The van der Waals surface area contributed by atoms with Crippen molar-refractivity contribution >= 4 is 20.7 Å². The molecule has 0 bridgehead atoms. The van der Waals surface area contributed by atoms with E-state index < -0.39 is 9.84 Å². The van der Waals surface area contributed by atoms with Gasteiger partial charge in [-0.3, -0.25) is 0 Å². The molecule has 1 aromatic carbocycles. The summed E-state index contributed by atoms with van der Waals surface area (Å²) in [6.07, 6.45) is 4.97. The molecule has 17 heavy (non-hydrogen) atoms. The highest BCUT2D eigenvalue weighted by molar-refractivity contribution is 7.90. The Hall–Kier alpha value is -1.29. The van der Waals surface area contributed by atoms with Crippen molar-refractivity contribution in [1.29, 1.82) is 0 Å². The lowest BCUT2D eigenvalue weighted by Gasteiger charge is -1.97. The third-order valence-electron chi connectivity index (χ3n) is 3.28. The summed E-state index contributed by atoms with van der Waals surface area (Å²) < 4.78 is 22.9. The van der Waals surface area contributed by atoms with E-state index in [9.17, 15) is 8.42 Å². The topological polar surface area (TPSA) is 49.9 Å². The van der Waals surface area contributed by atoms with Gasteiger partial charge in [-0.05, 0) is 49.4 Å². The minimum Gasteiger partial charge on any atom is -0.358 e. The van der Waals surface area contributed by atoms with Gasteiger partial charge in [0.1, 0.15) is 0 Å². The van der Waals surface area contributed by atoms with Crippen molar-refractivity contribution in [1.82, 2.24) is 4.98 Å². The van der Waals surface area contributed by atoms with Gasteiger partial charge in [0, 0.05) is 22.9 Å². The smallest absolute Gasteiger partial charge is 0.175 e. The highest BCUT2D eigenvalue weighted by Gasteiger charge is 2.22. The molecule has 1 aromatic heterocycles. The van der Waals surface area contributed by atoms with E-state index in [-0.39, 0.29) is 0 Å². The quantitative estimate of drug-likeness (QED) is 0.908. The van der Waals surface area contributed by atoms with E-state index in [4.69, 9.17) is 0 Å². The van der Waals surface area contributed by atoms with Crippen LogP contribution in [0, 0.1) is 5.92 Å². The standard InChI is InChI=1S/C13H15NO2S/c1-17(15,16)12-4-5-13-10(8-12)7-11(14-13)6-9-2-3-9/h4-5,7-9,14H,2-3,6H2,1H3. The number of rotatable bonds is 3. The molecule has 90 valence electrons. The Morgan fingerprint density at radius 1 is 1.29 bits per heavy atom. The van der Waals surface area contributed by atoms with Gasteiger partial charge in [0.25, 0.3) is 0 Å². The number of aromatic nitrogens is 1. The average molecular weight is 249 g/mol. The Balaban J connectivity index is 2.03. The van der Waals surface area contributed by atoms with E-state index >= 15 is 0 Å². The molecule has 0 unspecified atom stereocenters. The Morgan fingerprint density at radius 2 is 2.06 bits per heavy atom. The van der Waals surface area contributed by atoms with E-state index in [1.807, 2.05) is 6.07 Å². The van der Waals surface area contributed by atoms with Crippen LogP contribution in [0.25, 0.3) is 10.9 Å². The van der Waals surface area contributed by atoms with Gasteiger partial charge in [0.05, 0.1) is 4.90 Å². The van der Waals surface area contributed by atoms with E-state index in [1.165, 1.54) is 24.8 Å². The van der Waals surface area contributed by atoms with Gasteiger partial charge in [-0.2, -0.15) is 0 Å². The number of sulfone groups is 1. The molecule has 1 fully saturated rings. The molecule has 1 aliphatic rings. The molecule has 2 aromatic rings. The number of hydrogen-bond donors (Lipinski definition) is 1. The predicted octanol–water partition coefficient (Wildman–Crippen LogP) is 2.52. The maximum atomic E-state index is 11.5. The van der Waals surface area contributed by atoms with Crippen LogP contribution in [0.1, 0.15) is 18.5 Å². The van der Waals surface area contributed by atoms with Gasteiger partial charge in [-0.1, -0.05) is 0 Å². The fraction of sp³-hybridized carbons (Fsp3) is 0.385. The first-order chi connectivity index (χ1) is 8.02. The predicted molar refractivity (Wildman–Crippen MR) is 67.8 cm³/mol. The number of nitrogens with one attached hydrogen (secondary N) is 1. The fourth-order valence-electron chi connectivity index (χ4n) is 2.14. The molecule has 0 spiro atoms. The van der Waals surface area contributed by atoms with Gasteiger partial charge in [-0.25, -0.2) is 8.42 Å². The summed E-state index contributed by atoms with van der Waals surface area (Å²) in [6.45, 7) is 0. The van der Waals surface area contributed by atoms with Gasteiger partial charge in [-0.15, -0.1) is 0 Å². The Morgan fingerprint density at radius 3 is 2.71 bits per heavy atom. The number of fused-ring (bicyclic) bond motifs is 1. The summed E-state index contributed by atoms with van der Waals surface area (Å²) >= 11 is 0. The van der Waals surface area contributed by atoms with Crippen LogP contribution in [-0.4, -0.2) is 19.7 Å². The number of aromatic amines is 1.